The number of hydrogen-bond acceptors (Lipinski definition) is 4. The maximum atomic E-state index is 5.06. The first-order chi connectivity index (χ1) is 7.79. The van der Waals surface area contributed by atoms with Gasteiger partial charge in [-0.2, -0.15) is 0 Å². The zero-order valence-corrected chi connectivity index (χ0v) is 10.4. The maximum Gasteiger partial charge on any atom is 0.107 e. The van der Waals surface area contributed by atoms with Crippen LogP contribution < -0.4 is 5.32 Å². The van der Waals surface area contributed by atoms with Crippen LogP contribution in [-0.4, -0.2) is 4.98 Å². The molecule has 0 spiro atoms. The minimum absolute atomic E-state index is 0.299. The van der Waals surface area contributed by atoms with E-state index in [1.807, 2.05) is 12.3 Å². The summed E-state index contributed by atoms with van der Waals surface area (Å²) >= 11 is 1.78. The molecule has 3 nitrogen and oxygen atoms in total. The van der Waals surface area contributed by atoms with E-state index in [0.29, 0.717) is 6.04 Å². The Balaban J connectivity index is 1.87. The van der Waals surface area contributed by atoms with Crippen molar-refractivity contribution in [3.63, 3.8) is 0 Å². The van der Waals surface area contributed by atoms with E-state index >= 15 is 0 Å². The highest BCUT2D eigenvalue weighted by atomic mass is 32.1. The van der Waals surface area contributed by atoms with Crippen molar-refractivity contribution in [2.45, 2.75) is 32.9 Å². The summed E-state index contributed by atoms with van der Waals surface area (Å²) in [6, 6.07) is 2.28. The summed E-state index contributed by atoms with van der Waals surface area (Å²) in [5, 5.41) is 4.57. The fraction of sp³-hybridized carbons (Fsp3) is 0.417. The molecule has 0 saturated carbocycles. The van der Waals surface area contributed by atoms with Crippen molar-refractivity contribution in [2.24, 2.45) is 0 Å². The normalized spacial score (nSPS) is 12.9. The summed E-state index contributed by atoms with van der Waals surface area (Å²) in [4.78, 5) is 5.71. The molecule has 16 heavy (non-hydrogen) atoms. The van der Waals surface area contributed by atoms with Gasteiger partial charge in [-0.15, -0.1) is 11.3 Å². The van der Waals surface area contributed by atoms with Crippen molar-refractivity contribution in [2.75, 3.05) is 0 Å². The predicted octanol–water partition coefficient (Wildman–Crippen LogP) is 3.15. The van der Waals surface area contributed by atoms with Gasteiger partial charge in [0.05, 0.1) is 12.5 Å². The standard InChI is InChI=1S/C12H16N2OS/c1-3-11-6-14-12(16-11)7-13-9(2)10-4-5-15-8-10/h4-6,8-9,13H,3,7H2,1-2H3. The van der Waals surface area contributed by atoms with Gasteiger partial charge in [0.2, 0.25) is 0 Å². The van der Waals surface area contributed by atoms with E-state index in [4.69, 9.17) is 4.42 Å². The van der Waals surface area contributed by atoms with Crippen LogP contribution in [0.2, 0.25) is 0 Å². The minimum atomic E-state index is 0.299. The maximum absolute atomic E-state index is 5.06. The molecule has 0 saturated heterocycles. The first-order valence-electron chi connectivity index (χ1n) is 5.48. The molecule has 4 heteroatoms. The van der Waals surface area contributed by atoms with Crippen LogP contribution in [0.5, 0.6) is 0 Å². The Morgan fingerprint density at radius 3 is 3.06 bits per heavy atom. The molecule has 2 heterocycles. The summed E-state index contributed by atoms with van der Waals surface area (Å²) in [6.45, 7) is 5.09. The molecule has 0 bridgehead atoms. The average Bonchev–Trinajstić information content (AvgIpc) is 2.96. The molecule has 1 unspecified atom stereocenters. The van der Waals surface area contributed by atoms with E-state index < -0.39 is 0 Å². The number of hydrogen-bond donors (Lipinski definition) is 1. The molecule has 0 aromatic carbocycles. The average molecular weight is 236 g/mol. The van der Waals surface area contributed by atoms with Crippen molar-refractivity contribution < 1.29 is 4.42 Å². The Kier molecular flexibility index (Phi) is 3.74. The number of aryl methyl sites for hydroxylation is 1. The Morgan fingerprint density at radius 1 is 1.56 bits per heavy atom. The number of nitrogens with zero attached hydrogens (tertiary/aromatic N) is 1. The molecule has 2 rings (SSSR count). The van der Waals surface area contributed by atoms with Gasteiger partial charge >= 0.3 is 0 Å². The minimum Gasteiger partial charge on any atom is -0.472 e. The molecule has 1 N–H and O–H groups in total. The van der Waals surface area contributed by atoms with E-state index in [0.717, 1.165) is 18.0 Å². The summed E-state index contributed by atoms with van der Waals surface area (Å²) in [5.74, 6) is 0. The molecule has 2 aromatic rings. The van der Waals surface area contributed by atoms with Crippen molar-refractivity contribution >= 4 is 11.3 Å². The molecule has 0 aliphatic rings. The number of nitrogens with one attached hydrogen (secondary N) is 1. The van der Waals surface area contributed by atoms with Crippen molar-refractivity contribution in [1.29, 1.82) is 0 Å². The molecular weight excluding hydrogens is 220 g/mol. The van der Waals surface area contributed by atoms with Gasteiger partial charge in [0.1, 0.15) is 5.01 Å². The van der Waals surface area contributed by atoms with Gasteiger partial charge in [-0.1, -0.05) is 6.92 Å². The summed E-state index contributed by atoms with van der Waals surface area (Å²) < 4.78 is 5.06. The lowest BCUT2D eigenvalue weighted by Gasteiger charge is -2.09. The number of thiazole rings is 1. The second kappa shape index (κ2) is 5.27. The van der Waals surface area contributed by atoms with Crippen LogP contribution >= 0.6 is 11.3 Å². The summed E-state index contributed by atoms with van der Waals surface area (Å²) in [7, 11) is 0. The number of rotatable bonds is 5. The molecule has 0 aliphatic carbocycles. The van der Waals surface area contributed by atoms with Crippen molar-refractivity contribution in [3.8, 4) is 0 Å². The van der Waals surface area contributed by atoms with Gasteiger partial charge in [0.15, 0.2) is 0 Å². The third-order valence-corrected chi connectivity index (χ3v) is 3.69. The fourth-order valence-electron chi connectivity index (χ4n) is 1.47. The van der Waals surface area contributed by atoms with E-state index in [2.05, 4.69) is 24.1 Å². The van der Waals surface area contributed by atoms with E-state index in [1.165, 1.54) is 10.4 Å². The van der Waals surface area contributed by atoms with Crippen LogP contribution in [0.15, 0.2) is 29.2 Å². The highest BCUT2D eigenvalue weighted by Crippen LogP contribution is 2.16. The molecule has 0 amide bonds. The first kappa shape index (κ1) is 11.4. The lowest BCUT2D eigenvalue weighted by Crippen LogP contribution is -2.17. The van der Waals surface area contributed by atoms with Gasteiger partial charge in [-0.3, -0.25) is 0 Å². The predicted molar refractivity (Wildman–Crippen MR) is 65.5 cm³/mol. The van der Waals surface area contributed by atoms with Crippen LogP contribution in [-0.2, 0) is 13.0 Å². The Labute approximate surface area is 99.5 Å². The van der Waals surface area contributed by atoms with Gasteiger partial charge in [0, 0.05) is 29.2 Å². The van der Waals surface area contributed by atoms with Crippen LogP contribution in [0.4, 0.5) is 0 Å². The number of furan rings is 1. The number of aromatic nitrogens is 1. The lowest BCUT2D eigenvalue weighted by atomic mass is 10.2. The second-order valence-corrected chi connectivity index (χ2v) is 4.93. The molecule has 0 radical (unpaired) electrons. The first-order valence-corrected chi connectivity index (χ1v) is 6.30. The van der Waals surface area contributed by atoms with Crippen LogP contribution in [0, 0.1) is 0 Å². The molecular formula is C12H16N2OS. The molecule has 86 valence electrons. The molecule has 0 fully saturated rings. The molecule has 2 aromatic heterocycles. The third-order valence-electron chi connectivity index (χ3n) is 2.55. The topological polar surface area (TPSA) is 38.1 Å². The van der Waals surface area contributed by atoms with Crippen molar-refractivity contribution in [1.82, 2.24) is 10.3 Å². The van der Waals surface area contributed by atoms with Gasteiger partial charge in [-0.25, -0.2) is 4.98 Å². The quantitative estimate of drug-likeness (QED) is 0.866. The SMILES string of the molecule is CCc1cnc(CNC(C)c2ccoc2)s1. The van der Waals surface area contributed by atoms with Crippen LogP contribution in [0.25, 0.3) is 0 Å². The Morgan fingerprint density at radius 2 is 2.44 bits per heavy atom. The van der Waals surface area contributed by atoms with Gasteiger partial charge in [0.25, 0.3) is 0 Å². The van der Waals surface area contributed by atoms with Crippen LogP contribution in [0.3, 0.4) is 0 Å². The zero-order valence-electron chi connectivity index (χ0n) is 9.56. The Bertz CT molecular complexity index is 422. The zero-order chi connectivity index (χ0) is 11.4. The van der Waals surface area contributed by atoms with Gasteiger partial charge in [-0.05, 0) is 19.4 Å². The molecule has 1 atom stereocenters. The smallest absolute Gasteiger partial charge is 0.107 e. The highest BCUT2D eigenvalue weighted by Gasteiger charge is 2.07. The van der Waals surface area contributed by atoms with E-state index in [-0.39, 0.29) is 0 Å². The highest BCUT2D eigenvalue weighted by molar-refractivity contribution is 7.11. The lowest BCUT2D eigenvalue weighted by molar-refractivity contribution is 0.538. The second-order valence-electron chi connectivity index (χ2n) is 3.73. The Hall–Kier alpha value is -1.13. The summed E-state index contributed by atoms with van der Waals surface area (Å²) in [6.07, 6.45) is 6.50. The summed E-state index contributed by atoms with van der Waals surface area (Å²) in [5.41, 5.74) is 1.17. The largest absolute Gasteiger partial charge is 0.472 e. The van der Waals surface area contributed by atoms with Crippen LogP contribution in [0.1, 0.15) is 35.3 Å². The van der Waals surface area contributed by atoms with E-state index in [9.17, 15) is 0 Å². The third kappa shape index (κ3) is 2.71. The van der Waals surface area contributed by atoms with Crippen molar-refractivity contribution in [3.05, 3.63) is 40.2 Å². The van der Waals surface area contributed by atoms with E-state index in [1.54, 1.807) is 23.9 Å². The van der Waals surface area contributed by atoms with Gasteiger partial charge < -0.3 is 9.73 Å². The fourth-order valence-corrected chi connectivity index (χ4v) is 2.29. The monoisotopic (exact) mass is 236 g/mol. The molecule has 0 aliphatic heterocycles.